The lowest BCUT2D eigenvalue weighted by Crippen LogP contribution is -2.08. The summed E-state index contributed by atoms with van der Waals surface area (Å²) in [5, 5.41) is 0. The van der Waals surface area contributed by atoms with Crippen LogP contribution >= 0.6 is 7.82 Å². The minimum absolute atomic E-state index is 0.203. The molecule has 3 aromatic rings. The molecular formula is C45H69O4P. The highest BCUT2D eigenvalue weighted by molar-refractivity contribution is 7.48. The van der Waals surface area contributed by atoms with Gasteiger partial charge in [0.1, 0.15) is 0 Å². The first kappa shape index (κ1) is 42.2. The highest BCUT2D eigenvalue weighted by Gasteiger charge is 2.29. The van der Waals surface area contributed by atoms with Crippen molar-refractivity contribution in [3.05, 3.63) is 105 Å². The standard InChI is InChI=1S/C45H69O4P/c1-7-13-22-37-25-19-28-40(43(37)31-16-10-4)34-47-50(46,48-35-41-29-20-26-38(23-14-8-2)44(41)32-17-11-5)49-36-42-30-21-27-39(24-15-9-3)45(42)33-18-12-6/h19-21,25-30H,7-18,22-24,31-36H2,1-6H3. The van der Waals surface area contributed by atoms with Gasteiger partial charge in [-0.2, -0.15) is 0 Å². The first-order valence-corrected chi connectivity index (χ1v) is 21.7. The van der Waals surface area contributed by atoms with Crippen molar-refractivity contribution < 1.29 is 18.1 Å². The monoisotopic (exact) mass is 704 g/mol. The molecule has 0 aliphatic heterocycles. The molecule has 50 heavy (non-hydrogen) atoms. The number of unbranched alkanes of at least 4 members (excludes halogenated alkanes) is 6. The summed E-state index contributed by atoms with van der Waals surface area (Å²) in [6.07, 6.45) is 19.8. The van der Waals surface area contributed by atoms with Crippen LogP contribution < -0.4 is 0 Å². The Morgan fingerprint density at radius 1 is 0.380 bits per heavy atom. The van der Waals surface area contributed by atoms with Crippen LogP contribution in [-0.4, -0.2) is 0 Å². The van der Waals surface area contributed by atoms with Gasteiger partial charge in [-0.25, -0.2) is 4.57 Å². The van der Waals surface area contributed by atoms with Gasteiger partial charge in [0, 0.05) is 0 Å². The summed E-state index contributed by atoms with van der Waals surface area (Å²) in [6.45, 7) is 14.0. The lowest BCUT2D eigenvalue weighted by atomic mass is 9.93. The van der Waals surface area contributed by atoms with Crippen LogP contribution in [0.15, 0.2) is 54.6 Å². The molecule has 0 unspecified atom stereocenters. The van der Waals surface area contributed by atoms with Gasteiger partial charge in [-0.3, -0.25) is 13.6 Å². The van der Waals surface area contributed by atoms with Gasteiger partial charge in [0.2, 0.25) is 0 Å². The van der Waals surface area contributed by atoms with E-state index in [2.05, 4.69) is 96.1 Å². The number of phosphoric acid groups is 1. The smallest absolute Gasteiger partial charge is 0.282 e. The van der Waals surface area contributed by atoms with E-state index in [1.165, 1.54) is 33.4 Å². The van der Waals surface area contributed by atoms with Crippen molar-refractivity contribution in [2.75, 3.05) is 0 Å². The zero-order valence-electron chi connectivity index (χ0n) is 32.6. The highest BCUT2D eigenvalue weighted by atomic mass is 31.2. The van der Waals surface area contributed by atoms with Crippen molar-refractivity contribution in [1.29, 1.82) is 0 Å². The van der Waals surface area contributed by atoms with E-state index in [0.29, 0.717) is 0 Å². The molecule has 3 aromatic carbocycles. The Kier molecular flexibility index (Phi) is 20.3. The second kappa shape index (κ2) is 24.1. The number of rotatable bonds is 27. The summed E-state index contributed by atoms with van der Waals surface area (Å²) in [6, 6.07) is 19.5. The first-order valence-electron chi connectivity index (χ1n) is 20.3. The molecule has 0 radical (unpaired) electrons. The van der Waals surface area contributed by atoms with Crippen LogP contribution in [0.4, 0.5) is 0 Å². The number of phosphoric ester groups is 1. The van der Waals surface area contributed by atoms with Gasteiger partial charge in [-0.1, -0.05) is 135 Å². The lowest BCUT2D eigenvalue weighted by molar-refractivity contribution is 0.0972. The molecule has 0 fully saturated rings. The quantitative estimate of drug-likeness (QED) is 0.0741. The Hall–Kier alpha value is -2.23. The largest absolute Gasteiger partial charge is 0.475 e. The molecule has 0 aromatic heterocycles. The van der Waals surface area contributed by atoms with E-state index < -0.39 is 7.82 Å². The van der Waals surface area contributed by atoms with Crippen LogP contribution in [-0.2, 0) is 76.5 Å². The van der Waals surface area contributed by atoms with E-state index in [-0.39, 0.29) is 19.8 Å². The van der Waals surface area contributed by atoms with Gasteiger partial charge in [0.05, 0.1) is 19.8 Å². The third-order valence-corrected chi connectivity index (χ3v) is 11.3. The Labute approximate surface area is 306 Å². The molecular weight excluding hydrogens is 635 g/mol. The van der Waals surface area contributed by atoms with E-state index in [9.17, 15) is 4.57 Å². The van der Waals surface area contributed by atoms with Gasteiger partial charge in [0.25, 0.3) is 0 Å². The third-order valence-electron chi connectivity index (χ3n) is 9.98. The predicted molar refractivity (Wildman–Crippen MR) is 213 cm³/mol. The van der Waals surface area contributed by atoms with Gasteiger partial charge < -0.3 is 0 Å². The van der Waals surface area contributed by atoms with Crippen molar-refractivity contribution in [1.82, 2.24) is 0 Å². The maximum absolute atomic E-state index is 14.8. The molecule has 0 N–H and O–H groups in total. The van der Waals surface area contributed by atoms with Crippen molar-refractivity contribution in [2.24, 2.45) is 0 Å². The SMILES string of the molecule is CCCCc1cccc(COP(=O)(OCc2cccc(CCCC)c2CCCC)OCc2cccc(CCCC)c2CCCC)c1CCCC. The number of aryl methyl sites for hydroxylation is 3. The number of benzene rings is 3. The summed E-state index contributed by atoms with van der Waals surface area (Å²) in [5.41, 5.74) is 11.4. The van der Waals surface area contributed by atoms with E-state index in [1.807, 2.05) is 0 Å². The summed E-state index contributed by atoms with van der Waals surface area (Å²) < 4.78 is 34.0. The second-order valence-electron chi connectivity index (χ2n) is 14.1. The predicted octanol–water partition coefficient (Wildman–Crippen LogP) is 13.8. The van der Waals surface area contributed by atoms with Gasteiger partial charge in [-0.05, 0) is 127 Å². The summed E-state index contributed by atoms with van der Waals surface area (Å²) in [7, 11) is -3.96. The van der Waals surface area contributed by atoms with Gasteiger partial charge in [-0.15, -0.1) is 0 Å². The van der Waals surface area contributed by atoms with Crippen molar-refractivity contribution in [2.45, 2.75) is 177 Å². The summed E-state index contributed by atoms with van der Waals surface area (Å²) in [4.78, 5) is 0. The molecule has 0 saturated heterocycles. The highest BCUT2D eigenvalue weighted by Crippen LogP contribution is 2.52. The lowest BCUT2D eigenvalue weighted by Gasteiger charge is -2.22. The summed E-state index contributed by atoms with van der Waals surface area (Å²) in [5.74, 6) is 0. The molecule has 0 atom stereocenters. The van der Waals surface area contributed by atoms with Crippen molar-refractivity contribution in [3.63, 3.8) is 0 Å². The zero-order chi connectivity index (χ0) is 36.0. The molecule has 5 heteroatoms. The fourth-order valence-electron chi connectivity index (χ4n) is 6.86. The maximum atomic E-state index is 14.8. The molecule has 0 aliphatic rings. The van der Waals surface area contributed by atoms with Crippen molar-refractivity contribution >= 4 is 7.82 Å². The van der Waals surface area contributed by atoms with Gasteiger partial charge in [0.15, 0.2) is 0 Å². The zero-order valence-corrected chi connectivity index (χ0v) is 33.5. The Balaban J connectivity index is 1.96. The fraction of sp³-hybridized carbons (Fsp3) is 0.600. The maximum Gasteiger partial charge on any atom is 0.475 e. The Morgan fingerprint density at radius 3 is 0.880 bits per heavy atom. The minimum Gasteiger partial charge on any atom is -0.282 e. The molecule has 3 rings (SSSR count). The van der Waals surface area contributed by atoms with Crippen LogP contribution in [0.5, 0.6) is 0 Å². The molecule has 0 bridgehead atoms. The number of hydrogen-bond donors (Lipinski definition) is 0. The van der Waals surface area contributed by atoms with Crippen LogP contribution in [0.3, 0.4) is 0 Å². The normalized spacial score (nSPS) is 11.8. The number of hydrogen-bond acceptors (Lipinski definition) is 4. The Morgan fingerprint density at radius 2 is 0.620 bits per heavy atom. The summed E-state index contributed by atoms with van der Waals surface area (Å²) >= 11 is 0. The molecule has 0 spiro atoms. The minimum atomic E-state index is -3.96. The van der Waals surface area contributed by atoms with E-state index in [1.54, 1.807) is 0 Å². The molecule has 278 valence electrons. The van der Waals surface area contributed by atoms with Crippen molar-refractivity contribution in [3.8, 4) is 0 Å². The van der Waals surface area contributed by atoms with Crippen LogP contribution in [0.2, 0.25) is 0 Å². The first-order chi connectivity index (χ1) is 24.4. The van der Waals surface area contributed by atoms with Crippen LogP contribution in [0, 0.1) is 0 Å². The average Bonchev–Trinajstić information content (AvgIpc) is 3.14. The van der Waals surface area contributed by atoms with E-state index in [4.69, 9.17) is 13.6 Å². The molecule has 0 aliphatic carbocycles. The molecule has 0 amide bonds. The van der Waals surface area contributed by atoms with E-state index in [0.717, 1.165) is 132 Å². The van der Waals surface area contributed by atoms with Crippen LogP contribution in [0.25, 0.3) is 0 Å². The molecule has 4 nitrogen and oxygen atoms in total. The fourth-order valence-corrected chi connectivity index (χ4v) is 7.97. The van der Waals surface area contributed by atoms with E-state index >= 15 is 0 Å². The third kappa shape index (κ3) is 13.7. The Bertz CT molecular complexity index is 1260. The van der Waals surface area contributed by atoms with Crippen LogP contribution in [0.1, 0.15) is 169 Å². The molecule has 0 heterocycles. The topological polar surface area (TPSA) is 44.8 Å². The second-order valence-corrected chi connectivity index (χ2v) is 15.7. The molecule has 0 saturated carbocycles. The average molecular weight is 705 g/mol. The van der Waals surface area contributed by atoms with Gasteiger partial charge >= 0.3 is 7.82 Å².